The Morgan fingerprint density at radius 1 is 0.900 bits per heavy atom. The van der Waals surface area contributed by atoms with E-state index in [9.17, 15) is 23.3 Å². The van der Waals surface area contributed by atoms with Crippen LogP contribution in [0.4, 0.5) is 17.1 Å². The molecule has 200 valence electrons. The van der Waals surface area contributed by atoms with Gasteiger partial charge in [-0.25, -0.2) is 0 Å². The number of benzene rings is 4. The van der Waals surface area contributed by atoms with E-state index in [0.29, 0.717) is 22.5 Å². The normalized spacial score (nSPS) is 14.6. The number of fused-ring (bicyclic) bond motifs is 1. The molecule has 4 aromatic carbocycles. The fourth-order valence-electron chi connectivity index (χ4n) is 4.44. The number of hydrogen-bond donors (Lipinski definition) is 1. The molecule has 1 amide bonds. The molecule has 9 nitrogen and oxygen atoms in total. The van der Waals surface area contributed by atoms with Crippen molar-refractivity contribution in [3.63, 3.8) is 0 Å². The van der Waals surface area contributed by atoms with E-state index in [-0.39, 0.29) is 27.6 Å². The number of nitrogens with one attached hydrogen (secondary N) is 1. The van der Waals surface area contributed by atoms with Gasteiger partial charge in [-0.2, -0.15) is 8.42 Å². The van der Waals surface area contributed by atoms with E-state index in [1.807, 2.05) is 13.0 Å². The van der Waals surface area contributed by atoms with Crippen LogP contribution in [0.15, 0.2) is 112 Å². The van der Waals surface area contributed by atoms with Crippen LogP contribution in [0.3, 0.4) is 0 Å². The number of aryl methyl sites for hydroxylation is 1. The van der Waals surface area contributed by atoms with Gasteiger partial charge in [-0.3, -0.25) is 14.9 Å². The molecule has 40 heavy (non-hydrogen) atoms. The van der Waals surface area contributed by atoms with Gasteiger partial charge in [-0.15, -0.1) is 4.40 Å². The quantitative estimate of drug-likeness (QED) is 0.108. The standard InChI is InChI=1S/C30H24N4O5S/c1-20-13-16-24(17-14-20)40(38,39)32-29(31-22-11-7-4-8-12-22)27(21-9-5-3-6-10-21)28-25-19-23(34(36)37)15-18-26(25)33(2)30(28)35/h3-19H,1-2H3,(H,31,32)/b28-27-. The van der Waals surface area contributed by atoms with E-state index in [1.165, 1.54) is 35.2 Å². The number of sulfonamides is 1. The van der Waals surface area contributed by atoms with E-state index in [1.54, 1.807) is 73.8 Å². The highest BCUT2D eigenvalue weighted by atomic mass is 32.2. The van der Waals surface area contributed by atoms with Crippen LogP contribution in [0, 0.1) is 17.0 Å². The van der Waals surface area contributed by atoms with E-state index in [0.717, 1.165) is 5.56 Å². The molecule has 0 fully saturated rings. The van der Waals surface area contributed by atoms with Gasteiger partial charge in [0.05, 0.1) is 21.1 Å². The van der Waals surface area contributed by atoms with Crippen molar-refractivity contribution >= 4 is 50.0 Å². The summed E-state index contributed by atoms with van der Waals surface area (Å²) >= 11 is 0. The van der Waals surface area contributed by atoms with Gasteiger partial charge in [0.25, 0.3) is 21.6 Å². The van der Waals surface area contributed by atoms with E-state index in [2.05, 4.69) is 9.71 Å². The summed E-state index contributed by atoms with van der Waals surface area (Å²) in [6.07, 6.45) is 0. The maximum Gasteiger partial charge on any atom is 0.284 e. The summed E-state index contributed by atoms with van der Waals surface area (Å²) in [7, 11) is -2.69. The zero-order chi connectivity index (χ0) is 28.4. The molecule has 0 spiro atoms. The first-order valence-corrected chi connectivity index (χ1v) is 13.7. The summed E-state index contributed by atoms with van der Waals surface area (Å²) in [5.41, 5.74) is 2.76. The number of hydrogen-bond acceptors (Lipinski definition) is 5. The summed E-state index contributed by atoms with van der Waals surface area (Å²) in [4.78, 5) is 26.2. The molecule has 5 rings (SSSR count). The van der Waals surface area contributed by atoms with Crippen LogP contribution in [0.1, 0.15) is 16.7 Å². The Labute approximate surface area is 231 Å². The number of non-ortho nitro benzene ring substituents is 1. The highest BCUT2D eigenvalue weighted by Gasteiger charge is 2.36. The van der Waals surface area contributed by atoms with Crippen molar-refractivity contribution in [2.45, 2.75) is 11.8 Å². The van der Waals surface area contributed by atoms with Crippen molar-refractivity contribution in [2.75, 3.05) is 17.3 Å². The molecular weight excluding hydrogens is 528 g/mol. The number of likely N-dealkylation sites (N-methyl/N-ethyl adjacent to an activating group) is 1. The number of para-hydroxylation sites is 1. The van der Waals surface area contributed by atoms with Gasteiger partial charge in [0, 0.05) is 36.0 Å². The summed E-state index contributed by atoms with van der Waals surface area (Å²) < 4.78 is 31.4. The summed E-state index contributed by atoms with van der Waals surface area (Å²) in [6, 6.07) is 28.0. The van der Waals surface area contributed by atoms with Gasteiger partial charge < -0.3 is 10.2 Å². The average Bonchev–Trinajstić information content (AvgIpc) is 3.19. The van der Waals surface area contributed by atoms with Gasteiger partial charge in [0.2, 0.25) is 0 Å². The lowest BCUT2D eigenvalue weighted by Crippen LogP contribution is -2.24. The minimum absolute atomic E-state index is 0.0197. The van der Waals surface area contributed by atoms with Crippen LogP contribution < -0.4 is 10.2 Å². The third-order valence-corrected chi connectivity index (χ3v) is 7.75. The fourth-order valence-corrected chi connectivity index (χ4v) is 5.40. The smallest absolute Gasteiger partial charge is 0.284 e. The lowest BCUT2D eigenvalue weighted by atomic mass is 9.94. The van der Waals surface area contributed by atoms with Crippen molar-refractivity contribution in [1.29, 1.82) is 0 Å². The Morgan fingerprint density at radius 3 is 2.15 bits per heavy atom. The largest absolute Gasteiger partial charge is 0.339 e. The third-order valence-electron chi connectivity index (χ3n) is 6.46. The minimum atomic E-state index is -4.25. The molecule has 0 radical (unpaired) electrons. The van der Waals surface area contributed by atoms with Gasteiger partial charge in [0.15, 0.2) is 5.84 Å². The van der Waals surface area contributed by atoms with E-state index in [4.69, 9.17) is 0 Å². The van der Waals surface area contributed by atoms with Crippen LogP contribution in [0.2, 0.25) is 0 Å². The molecule has 0 atom stereocenters. The molecule has 0 unspecified atom stereocenters. The molecule has 1 aliphatic rings. The molecule has 0 aromatic heterocycles. The molecule has 0 aliphatic carbocycles. The van der Waals surface area contributed by atoms with Crippen molar-refractivity contribution < 1.29 is 18.1 Å². The predicted octanol–water partition coefficient (Wildman–Crippen LogP) is 5.69. The molecule has 1 N–H and O–H groups in total. The van der Waals surface area contributed by atoms with Gasteiger partial charge in [-0.1, -0.05) is 66.2 Å². The van der Waals surface area contributed by atoms with Crippen LogP contribution in [0.5, 0.6) is 0 Å². The second-order valence-electron chi connectivity index (χ2n) is 9.16. The number of anilines is 2. The molecule has 1 aliphatic heterocycles. The highest BCUT2D eigenvalue weighted by Crippen LogP contribution is 2.42. The summed E-state index contributed by atoms with van der Waals surface area (Å²) in [5.74, 6) is -0.557. The van der Waals surface area contributed by atoms with E-state index < -0.39 is 20.9 Å². The first-order valence-electron chi connectivity index (χ1n) is 12.3. The first kappa shape index (κ1) is 26.5. The zero-order valence-corrected chi connectivity index (χ0v) is 22.4. The molecule has 1 heterocycles. The Bertz CT molecular complexity index is 1780. The number of amides is 1. The molecule has 0 saturated heterocycles. The number of amidine groups is 1. The number of carbonyl (C=O) groups is 1. The summed E-state index contributed by atoms with van der Waals surface area (Å²) in [5, 5.41) is 14.7. The number of nitrogens with zero attached hydrogens (tertiary/aromatic N) is 3. The topological polar surface area (TPSA) is 122 Å². The van der Waals surface area contributed by atoms with Crippen LogP contribution in [-0.4, -0.2) is 32.1 Å². The molecule has 10 heteroatoms. The lowest BCUT2D eigenvalue weighted by molar-refractivity contribution is -0.384. The summed E-state index contributed by atoms with van der Waals surface area (Å²) in [6.45, 7) is 1.85. The molecule has 0 bridgehead atoms. The lowest BCUT2D eigenvalue weighted by Gasteiger charge is -2.17. The molecular formula is C30H24N4O5S. The SMILES string of the molecule is Cc1ccc(S(=O)(=O)/N=C(Nc2ccccc2)/C(=C2\C(=O)N(C)c3ccc([N+](=O)[O-])cc32)c2ccccc2)cc1. The Balaban J connectivity index is 1.85. The Kier molecular flexibility index (Phi) is 7.02. The number of carbonyl (C=O) groups excluding carboxylic acids is 1. The third kappa shape index (κ3) is 5.12. The highest BCUT2D eigenvalue weighted by molar-refractivity contribution is 7.90. The maximum absolute atomic E-state index is 13.8. The molecule has 0 saturated carbocycles. The van der Waals surface area contributed by atoms with Crippen LogP contribution >= 0.6 is 0 Å². The zero-order valence-electron chi connectivity index (χ0n) is 21.6. The van der Waals surface area contributed by atoms with E-state index >= 15 is 0 Å². The number of nitro groups is 1. The second-order valence-corrected chi connectivity index (χ2v) is 10.8. The van der Waals surface area contributed by atoms with Crippen LogP contribution in [0.25, 0.3) is 11.1 Å². The van der Waals surface area contributed by atoms with Gasteiger partial charge in [-0.05, 0) is 42.8 Å². The second kappa shape index (κ2) is 10.6. The van der Waals surface area contributed by atoms with Crippen molar-refractivity contribution in [2.24, 2.45) is 4.40 Å². The first-order chi connectivity index (χ1) is 19.2. The molecule has 4 aromatic rings. The van der Waals surface area contributed by atoms with Crippen molar-refractivity contribution in [1.82, 2.24) is 0 Å². The van der Waals surface area contributed by atoms with Gasteiger partial charge >= 0.3 is 0 Å². The average molecular weight is 553 g/mol. The van der Waals surface area contributed by atoms with Crippen molar-refractivity contribution in [3.8, 4) is 0 Å². The van der Waals surface area contributed by atoms with Crippen LogP contribution in [-0.2, 0) is 14.8 Å². The predicted molar refractivity (Wildman–Crippen MR) is 156 cm³/mol. The fraction of sp³-hybridized carbons (Fsp3) is 0.0667. The Morgan fingerprint density at radius 2 is 1.52 bits per heavy atom. The monoisotopic (exact) mass is 552 g/mol. The Hall–Kier alpha value is -5.09. The maximum atomic E-state index is 13.8. The van der Waals surface area contributed by atoms with Gasteiger partial charge in [0.1, 0.15) is 0 Å². The number of rotatable bonds is 6. The number of nitro benzene ring substituents is 1. The van der Waals surface area contributed by atoms with Crippen molar-refractivity contribution in [3.05, 3.63) is 130 Å². The minimum Gasteiger partial charge on any atom is -0.339 e.